The Morgan fingerprint density at radius 1 is 1.15 bits per heavy atom. The standard InChI is InChI=1S/C14H17BINO3/c16-7-2-1-3-8-17-9-6-11-10-12(15(19)20)4-5-13(11)14(17)18/h4-6,9-10,19-20H,1-3,7-8H2. The molecule has 0 aliphatic rings. The molecule has 0 aliphatic heterocycles. The molecule has 0 fully saturated rings. The number of benzene rings is 1. The van der Waals surface area contributed by atoms with Gasteiger partial charge in [-0.15, -0.1) is 0 Å². The SMILES string of the molecule is O=c1c2ccc(B(O)O)cc2ccn1CCCCCI. The van der Waals surface area contributed by atoms with Crippen LogP contribution in [-0.2, 0) is 6.54 Å². The van der Waals surface area contributed by atoms with Crippen LogP contribution in [0.15, 0.2) is 35.3 Å². The monoisotopic (exact) mass is 385 g/mol. The third-order valence-corrected chi connectivity index (χ3v) is 4.09. The van der Waals surface area contributed by atoms with Crippen molar-refractivity contribution >= 4 is 45.9 Å². The summed E-state index contributed by atoms with van der Waals surface area (Å²) in [7, 11) is -1.50. The summed E-state index contributed by atoms with van der Waals surface area (Å²) in [4.78, 5) is 12.3. The molecule has 0 aliphatic carbocycles. The van der Waals surface area contributed by atoms with Crippen molar-refractivity contribution in [3.05, 3.63) is 40.8 Å². The number of hydrogen-bond donors (Lipinski definition) is 2. The lowest BCUT2D eigenvalue weighted by atomic mass is 9.79. The van der Waals surface area contributed by atoms with Gasteiger partial charge in [-0.25, -0.2) is 0 Å². The predicted molar refractivity (Wildman–Crippen MR) is 90.8 cm³/mol. The quantitative estimate of drug-likeness (QED) is 0.341. The number of nitrogens with zero attached hydrogens (tertiary/aromatic N) is 1. The van der Waals surface area contributed by atoms with Gasteiger partial charge in [-0.3, -0.25) is 4.79 Å². The van der Waals surface area contributed by atoms with Gasteiger partial charge in [0.1, 0.15) is 0 Å². The van der Waals surface area contributed by atoms with E-state index in [4.69, 9.17) is 10.0 Å². The molecule has 2 rings (SSSR count). The van der Waals surface area contributed by atoms with Crippen LogP contribution in [0.2, 0.25) is 0 Å². The summed E-state index contributed by atoms with van der Waals surface area (Å²) in [5.74, 6) is 0. The summed E-state index contributed by atoms with van der Waals surface area (Å²) in [6.07, 6.45) is 5.09. The molecule has 2 N–H and O–H groups in total. The van der Waals surface area contributed by atoms with E-state index < -0.39 is 7.12 Å². The highest BCUT2D eigenvalue weighted by molar-refractivity contribution is 14.1. The zero-order valence-corrected chi connectivity index (χ0v) is 13.3. The van der Waals surface area contributed by atoms with Crippen LogP contribution in [0.3, 0.4) is 0 Å². The molecule has 106 valence electrons. The molecule has 1 aromatic carbocycles. The summed E-state index contributed by atoms with van der Waals surface area (Å²) >= 11 is 2.36. The third kappa shape index (κ3) is 3.62. The Labute approximate surface area is 131 Å². The number of alkyl halides is 1. The number of rotatable bonds is 6. The topological polar surface area (TPSA) is 62.5 Å². The van der Waals surface area contributed by atoms with Crippen LogP contribution in [0.1, 0.15) is 19.3 Å². The highest BCUT2D eigenvalue weighted by Crippen LogP contribution is 2.08. The molecule has 1 heterocycles. The Kier molecular flexibility index (Phi) is 5.62. The van der Waals surface area contributed by atoms with Crippen LogP contribution in [-0.4, -0.2) is 26.2 Å². The van der Waals surface area contributed by atoms with E-state index in [1.165, 1.54) is 6.42 Å². The first-order chi connectivity index (χ1) is 9.63. The molecule has 0 bridgehead atoms. The molecule has 0 unspecified atom stereocenters. The summed E-state index contributed by atoms with van der Waals surface area (Å²) in [5, 5.41) is 19.6. The number of hydrogen-bond acceptors (Lipinski definition) is 3. The fourth-order valence-corrected chi connectivity index (χ4v) is 2.74. The Bertz CT molecular complexity index is 642. The van der Waals surface area contributed by atoms with E-state index in [0.717, 1.165) is 29.2 Å². The maximum atomic E-state index is 12.3. The minimum absolute atomic E-state index is 0.0176. The Morgan fingerprint density at radius 2 is 1.95 bits per heavy atom. The Balaban J connectivity index is 2.25. The maximum Gasteiger partial charge on any atom is 0.488 e. The highest BCUT2D eigenvalue weighted by atomic mass is 127. The van der Waals surface area contributed by atoms with Crippen LogP contribution < -0.4 is 11.0 Å². The minimum Gasteiger partial charge on any atom is -0.423 e. The number of unbranched alkanes of at least 4 members (excludes halogenated alkanes) is 2. The van der Waals surface area contributed by atoms with Crippen molar-refractivity contribution in [2.24, 2.45) is 0 Å². The lowest BCUT2D eigenvalue weighted by Gasteiger charge is -2.08. The lowest BCUT2D eigenvalue weighted by Crippen LogP contribution is -2.30. The van der Waals surface area contributed by atoms with Crippen molar-refractivity contribution in [1.29, 1.82) is 0 Å². The van der Waals surface area contributed by atoms with E-state index in [-0.39, 0.29) is 5.56 Å². The fraction of sp³-hybridized carbons (Fsp3) is 0.357. The normalized spacial score (nSPS) is 10.9. The van der Waals surface area contributed by atoms with Crippen molar-refractivity contribution in [2.45, 2.75) is 25.8 Å². The lowest BCUT2D eigenvalue weighted by molar-refractivity contribution is 0.426. The van der Waals surface area contributed by atoms with Gasteiger partial charge in [0, 0.05) is 18.1 Å². The zero-order valence-electron chi connectivity index (χ0n) is 11.1. The van der Waals surface area contributed by atoms with Gasteiger partial charge < -0.3 is 14.6 Å². The van der Waals surface area contributed by atoms with Crippen molar-refractivity contribution < 1.29 is 10.0 Å². The molecule has 0 spiro atoms. The average Bonchev–Trinajstić information content (AvgIpc) is 2.45. The van der Waals surface area contributed by atoms with E-state index >= 15 is 0 Å². The second kappa shape index (κ2) is 7.24. The first kappa shape index (κ1) is 15.5. The van der Waals surface area contributed by atoms with Gasteiger partial charge in [0.2, 0.25) is 0 Å². The van der Waals surface area contributed by atoms with Crippen LogP contribution in [0.4, 0.5) is 0 Å². The van der Waals surface area contributed by atoms with E-state index in [9.17, 15) is 4.79 Å². The molecule has 1 aromatic heterocycles. The Morgan fingerprint density at radius 3 is 2.65 bits per heavy atom. The van der Waals surface area contributed by atoms with E-state index in [2.05, 4.69) is 22.6 Å². The van der Waals surface area contributed by atoms with Crippen molar-refractivity contribution in [2.75, 3.05) is 4.43 Å². The number of pyridine rings is 1. The number of aryl methyl sites for hydroxylation is 1. The van der Waals surface area contributed by atoms with Crippen LogP contribution in [0.25, 0.3) is 10.8 Å². The summed E-state index contributed by atoms with van der Waals surface area (Å²) in [5.41, 5.74) is 0.382. The van der Waals surface area contributed by atoms with Crippen molar-refractivity contribution in [3.8, 4) is 0 Å². The molecule has 6 heteroatoms. The van der Waals surface area contributed by atoms with Gasteiger partial charge in [0.05, 0.1) is 0 Å². The first-order valence-corrected chi connectivity index (χ1v) is 8.21. The molecule has 2 aromatic rings. The van der Waals surface area contributed by atoms with E-state index in [1.807, 2.05) is 6.07 Å². The van der Waals surface area contributed by atoms with Crippen molar-refractivity contribution in [1.82, 2.24) is 4.57 Å². The van der Waals surface area contributed by atoms with Crippen molar-refractivity contribution in [3.63, 3.8) is 0 Å². The number of fused-ring (bicyclic) bond motifs is 1. The molecule has 0 atom stereocenters. The molecule has 0 saturated carbocycles. The second-order valence-electron chi connectivity index (χ2n) is 4.78. The second-order valence-corrected chi connectivity index (χ2v) is 5.86. The van der Waals surface area contributed by atoms with Crippen LogP contribution >= 0.6 is 22.6 Å². The van der Waals surface area contributed by atoms with Gasteiger partial charge in [-0.1, -0.05) is 41.1 Å². The summed E-state index contributed by atoms with van der Waals surface area (Å²) in [6, 6.07) is 6.73. The average molecular weight is 385 g/mol. The van der Waals surface area contributed by atoms with E-state index in [1.54, 1.807) is 29.0 Å². The molecular formula is C14H17BINO3. The molecule has 0 saturated heterocycles. The Hall–Kier alpha value is -0.855. The molecular weight excluding hydrogens is 368 g/mol. The highest BCUT2D eigenvalue weighted by Gasteiger charge is 2.12. The smallest absolute Gasteiger partial charge is 0.423 e. The number of aromatic nitrogens is 1. The fourth-order valence-electron chi connectivity index (χ4n) is 2.20. The molecule has 4 nitrogen and oxygen atoms in total. The molecule has 0 radical (unpaired) electrons. The van der Waals surface area contributed by atoms with E-state index in [0.29, 0.717) is 10.8 Å². The summed E-state index contributed by atoms with van der Waals surface area (Å²) in [6.45, 7) is 0.732. The summed E-state index contributed by atoms with van der Waals surface area (Å²) < 4.78 is 2.88. The van der Waals surface area contributed by atoms with Gasteiger partial charge in [0.25, 0.3) is 5.56 Å². The number of halogens is 1. The maximum absolute atomic E-state index is 12.3. The van der Waals surface area contributed by atoms with Crippen LogP contribution in [0.5, 0.6) is 0 Å². The minimum atomic E-state index is -1.50. The predicted octanol–water partition coefficient (Wildman–Crippen LogP) is 1.29. The molecule has 0 amide bonds. The molecule has 20 heavy (non-hydrogen) atoms. The first-order valence-electron chi connectivity index (χ1n) is 6.68. The van der Waals surface area contributed by atoms with Gasteiger partial charge in [-0.2, -0.15) is 0 Å². The van der Waals surface area contributed by atoms with Crippen LogP contribution in [0, 0.1) is 0 Å². The third-order valence-electron chi connectivity index (χ3n) is 3.33. The van der Waals surface area contributed by atoms with Gasteiger partial charge in [0.15, 0.2) is 0 Å². The zero-order chi connectivity index (χ0) is 14.5. The van der Waals surface area contributed by atoms with Gasteiger partial charge in [-0.05, 0) is 40.3 Å². The largest absolute Gasteiger partial charge is 0.488 e. The van der Waals surface area contributed by atoms with Gasteiger partial charge >= 0.3 is 7.12 Å².